The minimum Gasteiger partial charge on any atom is -0.396 e. The number of nitrogen functional groups attached to an aromatic ring is 1. The molecule has 3 rings (SSSR count). The summed E-state index contributed by atoms with van der Waals surface area (Å²) in [6, 6.07) is 10.3. The molecule has 0 aliphatic heterocycles. The molecule has 0 unspecified atom stereocenters. The van der Waals surface area contributed by atoms with Gasteiger partial charge in [-0.25, -0.2) is 4.39 Å². The zero-order chi connectivity index (χ0) is 13.2. The molecular weight excluding hydrogens is 243 g/mol. The second kappa shape index (κ2) is 4.53. The Bertz CT molecular complexity index is 706. The van der Waals surface area contributed by atoms with Crippen molar-refractivity contribution in [2.45, 2.75) is 0 Å². The molecule has 94 valence electrons. The van der Waals surface area contributed by atoms with Gasteiger partial charge in [0.2, 0.25) is 0 Å². The van der Waals surface area contributed by atoms with Gasteiger partial charge in [-0.1, -0.05) is 6.07 Å². The summed E-state index contributed by atoms with van der Waals surface area (Å²) >= 11 is 0. The number of benzene rings is 1. The van der Waals surface area contributed by atoms with Gasteiger partial charge in [-0.2, -0.15) is 5.10 Å². The van der Waals surface area contributed by atoms with Crippen LogP contribution in [0.25, 0.3) is 22.5 Å². The molecular formula is C14H11FN4. The Kier molecular flexibility index (Phi) is 2.72. The lowest BCUT2D eigenvalue weighted by atomic mass is 10.1. The van der Waals surface area contributed by atoms with Crippen molar-refractivity contribution in [2.75, 3.05) is 5.73 Å². The normalized spacial score (nSPS) is 10.6. The summed E-state index contributed by atoms with van der Waals surface area (Å²) < 4.78 is 13.4. The zero-order valence-electron chi connectivity index (χ0n) is 9.97. The van der Waals surface area contributed by atoms with Gasteiger partial charge in [-0.15, -0.1) is 0 Å². The lowest BCUT2D eigenvalue weighted by Crippen LogP contribution is -1.90. The van der Waals surface area contributed by atoms with E-state index < -0.39 is 5.82 Å². The molecule has 2 heterocycles. The van der Waals surface area contributed by atoms with Crippen LogP contribution in [0.4, 0.5) is 10.1 Å². The van der Waals surface area contributed by atoms with Gasteiger partial charge in [0.15, 0.2) is 0 Å². The Morgan fingerprint density at radius 2 is 1.79 bits per heavy atom. The Labute approximate surface area is 109 Å². The predicted molar refractivity (Wildman–Crippen MR) is 71.6 cm³/mol. The van der Waals surface area contributed by atoms with Crippen LogP contribution in [0.1, 0.15) is 0 Å². The molecule has 2 aromatic heterocycles. The maximum atomic E-state index is 13.4. The number of aromatic nitrogens is 3. The van der Waals surface area contributed by atoms with Crippen LogP contribution in [-0.4, -0.2) is 15.2 Å². The lowest BCUT2D eigenvalue weighted by Gasteiger charge is -1.99. The van der Waals surface area contributed by atoms with E-state index in [1.807, 2.05) is 18.2 Å². The van der Waals surface area contributed by atoms with Gasteiger partial charge >= 0.3 is 0 Å². The molecule has 0 saturated heterocycles. The second-order valence-electron chi connectivity index (χ2n) is 4.14. The maximum absolute atomic E-state index is 13.4. The summed E-state index contributed by atoms with van der Waals surface area (Å²) in [5, 5.41) is 7.10. The number of nitrogens with one attached hydrogen (secondary N) is 1. The zero-order valence-corrected chi connectivity index (χ0v) is 9.97. The Hall–Kier alpha value is -2.69. The van der Waals surface area contributed by atoms with E-state index >= 15 is 0 Å². The summed E-state index contributed by atoms with van der Waals surface area (Å²) in [7, 11) is 0. The number of anilines is 1. The van der Waals surface area contributed by atoms with E-state index in [1.165, 1.54) is 12.1 Å². The molecule has 0 amide bonds. The monoisotopic (exact) mass is 254 g/mol. The van der Waals surface area contributed by atoms with Crippen LogP contribution < -0.4 is 5.73 Å². The van der Waals surface area contributed by atoms with E-state index in [9.17, 15) is 4.39 Å². The average molecular weight is 254 g/mol. The fourth-order valence-corrected chi connectivity index (χ4v) is 1.84. The van der Waals surface area contributed by atoms with Crippen molar-refractivity contribution >= 4 is 5.69 Å². The highest BCUT2D eigenvalue weighted by Gasteiger charge is 2.07. The fourth-order valence-electron chi connectivity index (χ4n) is 1.84. The quantitative estimate of drug-likeness (QED) is 0.691. The minimum atomic E-state index is -0.439. The van der Waals surface area contributed by atoms with E-state index in [0.29, 0.717) is 11.3 Å². The van der Waals surface area contributed by atoms with Crippen LogP contribution in [-0.2, 0) is 0 Å². The van der Waals surface area contributed by atoms with E-state index in [0.717, 1.165) is 11.3 Å². The van der Waals surface area contributed by atoms with Gasteiger partial charge in [0, 0.05) is 23.5 Å². The molecule has 0 spiro atoms. The first-order chi connectivity index (χ1) is 9.24. The van der Waals surface area contributed by atoms with E-state index in [4.69, 9.17) is 5.73 Å². The number of H-pyrrole nitrogens is 1. The molecule has 1 aromatic carbocycles. The van der Waals surface area contributed by atoms with Gasteiger partial charge in [-0.3, -0.25) is 10.1 Å². The fraction of sp³-hybridized carbons (Fsp3) is 0. The summed E-state index contributed by atoms with van der Waals surface area (Å²) in [4.78, 5) is 3.96. The Balaban J connectivity index is 1.99. The van der Waals surface area contributed by atoms with Gasteiger partial charge in [0.05, 0.1) is 17.1 Å². The standard InChI is InChI=1S/C14H11FN4/c15-11-7-10(1-2-12(11)16)14-8-13(18-19-14)9-3-5-17-6-4-9/h1-8H,16H2,(H,18,19). The number of rotatable bonds is 2. The average Bonchev–Trinajstić information content (AvgIpc) is 2.93. The number of nitrogens with zero attached hydrogens (tertiary/aromatic N) is 2. The van der Waals surface area contributed by atoms with Crippen LogP contribution in [0.5, 0.6) is 0 Å². The van der Waals surface area contributed by atoms with Crippen LogP contribution in [0, 0.1) is 5.82 Å². The number of halogens is 1. The number of aromatic amines is 1. The van der Waals surface area contributed by atoms with Crippen LogP contribution in [0.15, 0.2) is 48.8 Å². The van der Waals surface area contributed by atoms with Crippen molar-refractivity contribution in [3.63, 3.8) is 0 Å². The molecule has 0 saturated carbocycles. The molecule has 3 aromatic rings. The second-order valence-corrected chi connectivity index (χ2v) is 4.14. The Morgan fingerprint density at radius 3 is 2.53 bits per heavy atom. The minimum absolute atomic E-state index is 0.133. The summed E-state index contributed by atoms with van der Waals surface area (Å²) in [6.45, 7) is 0. The first-order valence-corrected chi connectivity index (χ1v) is 5.75. The third-order valence-corrected chi connectivity index (χ3v) is 2.87. The van der Waals surface area contributed by atoms with E-state index in [2.05, 4.69) is 15.2 Å². The highest BCUT2D eigenvalue weighted by atomic mass is 19.1. The van der Waals surface area contributed by atoms with Crippen LogP contribution >= 0.6 is 0 Å². The molecule has 4 nitrogen and oxygen atoms in total. The molecule has 0 aliphatic rings. The van der Waals surface area contributed by atoms with Crippen molar-refractivity contribution in [1.29, 1.82) is 0 Å². The van der Waals surface area contributed by atoms with E-state index in [1.54, 1.807) is 18.5 Å². The Morgan fingerprint density at radius 1 is 1.00 bits per heavy atom. The van der Waals surface area contributed by atoms with Crippen molar-refractivity contribution in [1.82, 2.24) is 15.2 Å². The first-order valence-electron chi connectivity index (χ1n) is 5.75. The van der Waals surface area contributed by atoms with Crippen LogP contribution in [0.2, 0.25) is 0 Å². The highest BCUT2D eigenvalue weighted by molar-refractivity contribution is 5.69. The van der Waals surface area contributed by atoms with Crippen molar-refractivity contribution in [2.24, 2.45) is 0 Å². The van der Waals surface area contributed by atoms with Gasteiger partial charge in [0.1, 0.15) is 5.82 Å². The summed E-state index contributed by atoms with van der Waals surface area (Å²) in [6.07, 6.45) is 3.41. The smallest absolute Gasteiger partial charge is 0.146 e. The maximum Gasteiger partial charge on any atom is 0.146 e. The largest absolute Gasteiger partial charge is 0.396 e. The third kappa shape index (κ3) is 2.18. The molecule has 0 fully saturated rings. The lowest BCUT2D eigenvalue weighted by molar-refractivity contribution is 0.633. The number of pyridine rings is 1. The van der Waals surface area contributed by atoms with Crippen molar-refractivity contribution < 1.29 is 4.39 Å². The molecule has 3 N–H and O–H groups in total. The molecule has 0 aliphatic carbocycles. The molecule has 19 heavy (non-hydrogen) atoms. The van der Waals surface area contributed by atoms with Crippen molar-refractivity contribution in [3.8, 4) is 22.5 Å². The predicted octanol–water partition coefficient (Wildman–Crippen LogP) is 2.86. The molecule has 0 radical (unpaired) electrons. The summed E-state index contributed by atoms with van der Waals surface area (Å²) in [5.41, 5.74) is 8.77. The van der Waals surface area contributed by atoms with E-state index in [-0.39, 0.29) is 5.69 Å². The number of hydrogen-bond acceptors (Lipinski definition) is 3. The van der Waals surface area contributed by atoms with Gasteiger partial charge in [0.25, 0.3) is 0 Å². The first kappa shape index (κ1) is 11.4. The molecule has 0 atom stereocenters. The summed E-state index contributed by atoms with van der Waals surface area (Å²) in [5.74, 6) is -0.439. The third-order valence-electron chi connectivity index (χ3n) is 2.87. The molecule has 0 bridgehead atoms. The topological polar surface area (TPSA) is 67.6 Å². The molecule has 5 heteroatoms. The van der Waals surface area contributed by atoms with Gasteiger partial charge in [-0.05, 0) is 30.3 Å². The van der Waals surface area contributed by atoms with Crippen LogP contribution in [0.3, 0.4) is 0 Å². The number of nitrogens with two attached hydrogens (primary N) is 1. The van der Waals surface area contributed by atoms with Crippen molar-refractivity contribution in [3.05, 3.63) is 54.6 Å². The number of hydrogen-bond donors (Lipinski definition) is 2. The SMILES string of the molecule is Nc1ccc(-c2cc(-c3ccncc3)[nH]n2)cc1F. The highest BCUT2D eigenvalue weighted by Crippen LogP contribution is 2.25. The van der Waals surface area contributed by atoms with Gasteiger partial charge < -0.3 is 5.73 Å².